The monoisotopic (exact) mass is 390 g/mol. The van der Waals surface area contributed by atoms with E-state index in [4.69, 9.17) is 0 Å². The van der Waals surface area contributed by atoms with E-state index in [0.29, 0.717) is 17.8 Å². The van der Waals surface area contributed by atoms with Crippen LogP contribution in [0.1, 0.15) is 30.9 Å². The van der Waals surface area contributed by atoms with Crippen LogP contribution in [0.15, 0.2) is 48.5 Å². The number of hydrogen-bond donors (Lipinski definition) is 0. The van der Waals surface area contributed by atoms with Gasteiger partial charge in [0.1, 0.15) is 0 Å². The van der Waals surface area contributed by atoms with Crippen molar-refractivity contribution in [3.8, 4) is 0 Å². The lowest BCUT2D eigenvalue weighted by Gasteiger charge is -2.16. The summed E-state index contributed by atoms with van der Waals surface area (Å²) in [6, 6.07) is 14.4. The molecule has 29 heavy (non-hydrogen) atoms. The van der Waals surface area contributed by atoms with Crippen molar-refractivity contribution in [3.63, 3.8) is 0 Å². The Kier molecular flexibility index (Phi) is 4.78. The van der Waals surface area contributed by atoms with E-state index in [2.05, 4.69) is 0 Å². The number of imide groups is 2. The average molecular weight is 390 g/mol. The van der Waals surface area contributed by atoms with Gasteiger partial charge in [0.15, 0.2) is 0 Å². The zero-order valence-corrected chi connectivity index (χ0v) is 16.4. The lowest BCUT2D eigenvalue weighted by molar-refractivity contribution is -0.123. The highest BCUT2D eigenvalue weighted by molar-refractivity contribution is 6.21. The van der Waals surface area contributed by atoms with Crippen LogP contribution >= 0.6 is 0 Å². The molecule has 2 aromatic rings. The number of nitrogens with zero attached hydrogens (tertiary/aromatic N) is 2. The minimum Gasteiger partial charge on any atom is -0.274 e. The summed E-state index contributed by atoms with van der Waals surface area (Å²) >= 11 is 0. The molecular weight excluding hydrogens is 368 g/mol. The maximum atomic E-state index is 12.8. The largest absolute Gasteiger partial charge is 0.274 e. The van der Waals surface area contributed by atoms with Gasteiger partial charge in [0.2, 0.25) is 23.6 Å². The number of hydrogen-bond acceptors (Lipinski definition) is 4. The maximum absolute atomic E-state index is 12.8. The third kappa shape index (κ3) is 3.46. The molecule has 4 rings (SSSR count). The second-order valence-electron chi connectivity index (χ2n) is 7.85. The topological polar surface area (TPSA) is 74.8 Å². The van der Waals surface area contributed by atoms with Gasteiger partial charge >= 0.3 is 0 Å². The fourth-order valence-corrected chi connectivity index (χ4v) is 3.94. The van der Waals surface area contributed by atoms with Crippen molar-refractivity contribution in [2.75, 3.05) is 9.80 Å². The molecule has 0 spiro atoms. The normalized spacial score (nSPS) is 22.1. The third-order valence-corrected chi connectivity index (χ3v) is 5.58. The fourth-order valence-electron chi connectivity index (χ4n) is 3.94. The molecule has 2 aliphatic rings. The van der Waals surface area contributed by atoms with Crippen molar-refractivity contribution in [2.45, 2.75) is 33.1 Å². The summed E-state index contributed by atoms with van der Waals surface area (Å²) in [6.45, 7) is 3.70. The first-order valence-electron chi connectivity index (χ1n) is 9.74. The lowest BCUT2D eigenvalue weighted by Crippen LogP contribution is -2.31. The molecule has 2 aromatic carbocycles. The molecule has 0 aliphatic carbocycles. The smallest absolute Gasteiger partial charge is 0.237 e. The minimum atomic E-state index is -0.412. The van der Waals surface area contributed by atoms with E-state index < -0.39 is 5.92 Å². The van der Waals surface area contributed by atoms with Gasteiger partial charge in [-0.1, -0.05) is 36.8 Å². The highest BCUT2D eigenvalue weighted by atomic mass is 16.2. The highest BCUT2D eigenvalue weighted by Crippen LogP contribution is 2.30. The number of carbonyl (C=O) groups is 4. The van der Waals surface area contributed by atoms with E-state index in [1.54, 1.807) is 31.2 Å². The SMILES string of the molecule is Cc1ccc(N2C(=O)CC(Cc3ccc(N4C(=O)CC(C)C4=O)cc3)C2=O)cc1. The Bertz CT molecular complexity index is 995. The first kappa shape index (κ1) is 19.1. The number of amides is 4. The van der Waals surface area contributed by atoms with E-state index in [-0.39, 0.29) is 42.4 Å². The molecule has 148 valence electrons. The highest BCUT2D eigenvalue weighted by Gasteiger charge is 2.39. The van der Waals surface area contributed by atoms with Gasteiger partial charge in [0, 0.05) is 18.8 Å². The zero-order valence-electron chi connectivity index (χ0n) is 16.4. The second kappa shape index (κ2) is 7.28. The molecule has 6 heteroatoms. The van der Waals surface area contributed by atoms with Crippen molar-refractivity contribution in [1.29, 1.82) is 0 Å². The van der Waals surface area contributed by atoms with E-state index in [0.717, 1.165) is 11.1 Å². The summed E-state index contributed by atoms with van der Waals surface area (Å²) in [6.07, 6.45) is 0.842. The Labute approximate surface area is 169 Å². The van der Waals surface area contributed by atoms with Gasteiger partial charge in [0.05, 0.1) is 17.3 Å². The fraction of sp³-hybridized carbons (Fsp3) is 0.304. The standard InChI is InChI=1S/C23H22N2O4/c1-14-3-7-18(8-4-14)25-21(27)13-17(23(25)29)12-16-5-9-19(10-6-16)24-20(26)11-15(2)22(24)28/h3-10,15,17H,11-13H2,1-2H3. The number of carbonyl (C=O) groups excluding carboxylic acids is 4. The third-order valence-electron chi connectivity index (χ3n) is 5.58. The summed E-state index contributed by atoms with van der Waals surface area (Å²) in [4.78, 5) is 51.9. The average Bonchev–Trinajstić information content (AvgIpc) is 3.11. The molecule has 0 saturated carbocycles. The van der Waals surface area contributed by atoms with E-state index >= 15 is 0 Å². The van der Waals surface area contributed by atoms with Crippen LogP contribution in [0, 0.1) is 18.8 Å². The summed E-state index contributed by atoms with van der Waals surface area (Å²) in [7, 11) is 0. The zero-order chi connectivity index (χ0) is 20.7. The van der Waals surface area contributed by atoms with Crippen molar-refractivity contribution in [3.05, 3.63) is 59.7 Å². The van der Waals surface area contributed by atoms with Crippen LogP contribution in [-0.2, 0) is 25.6 Å². The number of aryl methyl sites for hydroxylation is 1. The number of anilines is 2. The van der Waals surface area contributed by atoms with Crippen LogP contribution in [0.3, 0.4) is 0 Å². The molecule has 2 atom stereocenters. The van der Waals surface area contributed by atoms with Gasteiger partial charge < -0.3 is 0 Å². The molecule has 0 radical (unpaired) electrons. The Morgan fingerprint density at radius 2 is 1.28 bits per heavy atom. The van der Waals surface area contributed by atoms with Gasteiger partial charge in [-0.3, -0.25) is 29.0 Å². The van der Waals surface area contributed by atoms with Crippen LogP contribution in [0.5, 0.6) is 0 Å². The molecule has 0 N–H and O–H groups in total. The predicted molar refractivity (Wildman–Crippen MR) is 108 cm³/mol. The molecule has 0 bridgehead atoms. The van der Waals surface area contributed by atoms with Gasteiger partial charge in [-0.2, -0.15) is 0 Å². The predicted octanol–water partition coefficient (Wildman–Crippen LogP) is 3.02. The van der Waals surface area contributed by atoms with Crippen molar-refractivity contribution in [1.82, 2.24) is 0 Å². The first-order valence-corrected chi connectivity index (χ1v) is 9.74. The van der Waals surface area contributed by atoms with Gasteiger partial charge in [-0.25, -0.2) is 0 Å². The molecule has 2 aliphatic heterocycles. The lowest BCUT2D eigenvalue weighted by atomic mass is 9.97. The molecular formula is C23H22N2O4. The molecule has 6 nitrogen and oxygen atoms in total. The molecule has 2 fully saturated rings. The number of benzene rings is 2. The van der Waals surface area contributed by atoms with Gasteiger partial charge in [-0.05, 0) is 43.2 Å². The van der Waals surface area contributed by atoms with E-state index in [9.17, 15) is 19.2 Å². The van der Waals surface area contributed by atoms with Crippen molar-refractivity contribution < 1.29 is 19.2 Å². The summed E-state index contributed by atoms with van der Waals surface area (Å²) in [5, 5.41) is 0. The second-order valence-corrected chi connectivity index (χ2v) is 7.85. The van der Waals surface area contributed by atoms with Crippen molar-refractivity contribution in [2.24, 2.45) is 11.8 Å². The first-order chi connectivity index (χ1) is 13.8. The van der Waals surface area contributed by atoms with Crippen LogP contribution < -0.4 is 9.80 Å². The van der Waals surface area contributed by atoms with Crippen LogP contribution in [0.25, 0.3) is 0 Å². The van der Waals surface area contributed by atoms with E-state index in [1.807, 2.05) is 31.2 Å². The summed E-state index contributed by atoms with van der Waals surface area (Å²) in [5.41, 5.74) is 3.10. The Hall–Kier alpha value is -3.28. The Morgan fingerprint density at radius 1 is 0.759 bits per heavy atom. The van der Waals surface area contributed by atoms with Gasteiger partial charge in [-0.15, -0.1) is 0 Å². The minimum absolute atomic E-state index is 0.176. The molecule has 2 saturated heterocycles. The van der Waals surface area contributed by atoms with Crippen LogP contribution in [-0.4, -0.2) is 23.6 Å². The summed E-state index contributed by atoms with van der Waals surface area (Å²) < 4.78 is 0. The van der Waals surface area contributed by atoms with Crippen LogP contribution in [0.2, 0.25) is 0 Å². The Balaban J connectivity index is 1.48. The van der Waals surface area contributed by atoms with Crippen LogP contribution in [0.4, 0.5) is 11.4 Å². The van der Waals surface area contributed by atoms with Gasteiger partial charge in [0.25, 0.3) is 0 Å². The maximum Gasteiger partial charge on any atom is 0.237 e. The molecule has 4 amide bonds. The molecule has 0 aromatic heterocycles. The van der Waals surface area contributed by atoms with E-state index in [1.165, 1.54) is 9.80 Å². The quantitative estimate of drug-likeness (QED) is 0.752. The molecule has 2 heterocycles. The van der Waals surface area contributed by atoms with Crippen molar-refractivity contribution >= 4 is 35.0 Å². The molecule has 2 unspecified atom stereocenters. The number of rotatable bonds is 4. The summed E-state index contributed by atoms with van der Waals surface area (Å²) in [5.74, 6) is -1.47. The Morgan fingerprint density at radius 3 is 1.83 bits per heavy atom.